The van der Waals surface area contributed by atoms with Gasteiger partial charge in [-0.15, -0.1) is 0 Å². The molecule has 2 heteroatoms. The van der Waals surface area contributed by atoms with Gasteiger partial charge >= 0.3 is 0 Å². The zero-order valence-corrected chi connectivity index (χ0v) is 8.49. The Bertz CT molecular complexity index is 236. The first-order valence-corrected chi connectivity index (χ1v) is 4.72. The van der Waals surface area contributed by atoms with Crippen molar-refractivity contribution in [3.05, 3.63) is 40.2 Å². The fourth-order valence-electron chi connectivity index (χ4n) is 1.06. The van der Waals surface area contributed by atoms with Crippen LogP contribution in [-0.2, 0) is 6.42 Å². The van der Waals surface area contributed by atoms with E-state index in [-0.39, 0.29) is 0 Å². The van der Waals surface area contributed by atoms with E-state index in [1.54, 1.807) is 0 Å². The molecule has 0 amide bonds. The third-order valence-electron chi connectivity index (χ3n) is 1.74. The van der Waals surface area contributed by atoms with Crippen molar-refractivity contribution in [2.75, 3.05) is 0 Å². The van der Waals surface area contributed by atoms with Gasteiger partial charge in [0, 0.05) is 10.0 Å². The Labute approximate surface area is 83.5 Å². The quantitative estimate of drug-likeness (QED) is 0.690. The van der Waals surface area contributed by atoms with E-state index in [9.17, 15) is 0 Å². The van der Waals surface area contributed by atoms with Crippen LogP contribution in [0.2, 0.25) is 10.0 Å². The van der Waals surface area contributed by atoms with Crippen LogP contribution >= 0.6 is 23.2 Å². The second-order valence-corrected chi connectivity index (χ2v) is 3.46. The second kappa shape index (κ2) is 4.74. The van der Waals surface area contributed by atoms with Crippen LogP contribution in [0.5, 0.6) is 0 Å². The highest BCUT2D eigenvalue weighted by Crippen LogP contribution is 2.25. The molecular formula is C10H11Cl2. The Morgan fingerprint density at radius 1 is 1.25 bits per heavy atom. The number of benzene rings is 1. The third-order valence-corrected chi connectivity index (χ3v) is 2.45. The van der Waals surface area contributed by atoms with Crippen molar-refractivity contribution in [1.82, 2.24) is 0 Å². The summed E-state index contributed by atoms with van der Waals surface area (Å²) in [4.78, 5) is 0. The van der Waals surface area contributed by atoms with E-state index in [0.29, 0.717) is 0 Å². The van der Waals surface area contributed by atoms with Crippen LogP contribution in [0.4, 0.5) is 0 Å². The minimum atomic E-state index is 0.768. The van der Waals surface area contributed by atoms with Gasteiger partial charge in [0.25, 0.3) is 0 Å². The largest absolute Gasteiger partial charge is 0.0840 e. The smallest absolute Gasteiger partial charge is 0.0452 e. The second-order valence-electron chi connectivity index (χ2n) is 2.65. The predicted octanol–water partition coefficient (Wildman–Crippen LogP) is 4.15. The summed E-state index contributed by atoms with van der Waals surface area (Å²) in [7, 11) is 0. The highest BCUT2D eigenvalue weighted by Gasteiger charge is 2.03. The average molecular weight is 202 g/mol. The molecule has 0 saturated carbocycles. The van der Waals surface area contributed by atoms with E-state index in [1.807, 2.05) is 25.1 Å². The van der Waals surface area contributed by atoms with E-state index in [1.165, 1.54) is 0 Å². The SMILES string of the molecule is C[CH]CCc1c(Cl)cccc1Cl. The Morgan fingerprint density at radius 3 is 2.33 bits per heavy atom. The van der Waals surface area contributed by atoms with Gasteiger partial charge in [0.2, 0.25) is 0 Å². The molecular weight excluding hydrogens is 191 g/mol. The van der Waals surface area contributed by atoms with Gasteiger partial charge in [-0.3, -0.25) is 0 Å². The molecule has 0 aliphatic rings. The van der Waals surface area contributed by atoms with Crippen molar-refractivity contribution < 1.29 is 0 Å². The van der Waals surface area contributed by atoms with Crippen LogP contribution in [0, 0.1) is 6.42 Å². The molecule has 0 unspecified atom stereocenters. The van der Waals surface area contributed by atoms with E-state index in [0.717, 1.165) is 28.5 Å². The Morgan fingerprint density at radius 2 is 1.83 bits per heavy atom. The van der Waals surface area contributed by atoms with Gasteiger partial charge in [-0.2, -0.15) is 0 Å². The molecule has 0 aliphatic heterocycles. The van der Waals surface area contributed by atoms with E-state index >= 15 is 0 Å². The predicted molar refractivity (Wildman–Crippen MR) is 54.8 cm³/mol. The average Bonchev–Trinajstić information content (AvgIpc) is 2.04. The number of unbranched alkanes of at least 4 members (excludes halogenated alkanes) is 1. The summed E-state index contributed by atoms with van der Waals surface area (Å²) in [5.41, 5.74) is 1.05. The summed E-state index contributed by atoms with van der Waals surface area (Å²) in [5.74, 6) is 0. The van der Waals surface area contributed by atoms with Crippen molar-refractivity contribution in [3.63, 3.8) is 0 Å². The maximum absolute atomic E-state index is 5.97. The Hall–Kier alpha value is -0.200. The summed E-state index contributed by atoms with van der Waals surface area (Å²) in [6.45, 7) is 2.03. The molecule has 0 fully saturated rings. The molecule has 0 aromatic heterocycles. The third kappa shape index (κ3) is 2.40. The van der Waals surface area contributed by atoms with Gasteiger partial charge in [-0.1, -0.05) is 36.2 Å². The van der Waals surface area contributed by atoms with E-state index in [4.69, 9.17) is 23.2 Å². The summed E-state index contributed by atoms with van der Waals surface area (Å²) in [6.07, 6.45) is 4.05. The van der Waals surface area contributed by atoms with Crippen LogP contribution in [0.25, 0.3) is 0 Å². The van der Waals surface area contributed by atoms with Gasteiger partial charge in [0.15, 0.2) is 0 Å². The van der Waals surface area contributed by atoms with Crippen molar-refractivity contribution >= 4 is 23.2 Å². The minimum absolute atomic E-state index is 0.768. The summed E-state index contributed by atoms with van der Waals surface area (Å²) < 4.78 is 0. The van der Waals surface area contributed by atoms with Gasteiger partial charge in [-0.05, 0) is 37.0 Å². The normalized spacial score (nSPS) is 10.2. The van der Waals surface area contributed by atoms with Crippen LogP contribution in [0.3, 0.4) is 0 Å². The standard InChI is InChI=1S/C10H11Cl2/c1-2-3-5-8-9(11)6-4-7-10(8)12/h2,4,6-7H,3,5H2,1H3. The lowest BCUT2D eigenvalue weighted by molar-refractivity contribution is 0.937. The van der Waals surface area contributed by atoms with Crippen molar-refractivity contribution in [3.8, 4) is 0 Å². The number of hydrogen-bond donors (Lipinski definition) is 0. The van der Waals surface area contributed by atoms with E-state index < -0.39 is 0 Å². The number of hydrogen-bond acceptors (Lipinski definition) is 0. The highest BCUT2D eigenvalue weighted by atomic mass is 35.5. The fraction of sp³-hybridized carbons (Fsp3) is 0.300. The molecule has 0 spiro atoms. The fourth-order valence-corrected chi connectivity index (χ4v) is 1.65. The number of rotatable bonds is 3. The molecule has 0 heterocycles. The highest BCUT2D eigenvalue weighted by molar-refractivity contribution is 6.35. The molecule has 0 nitrogen and oxygen atoms in total. The molecule has 0 N–H and O–H groups in total. The monoisotopic (exact) mass is 201 g/mol. The van der Waals surface area contributed by atoms with Gasteiger partial charge < -0.3 is 0 Å². The minimum Gasteiger partial charge on any atom is -0.0840 e. The van der Waals surface area contributed by atoms with Crippen LogP contribution in [0.1, 0.15) is 18.9 Å². The first-order chi connectivity index (χ1) is 5.75. The molecule has 12 heavy (non-hydrogen) atoms. The van der Waals surface area contributed by atoms with Crippen molar-refractivity contribution in [2.24, 2.45) is 0 Å². The summed E-state index contributed by atoms with van der Waals surface area (Å²) >= 11 is 11.9. The van der Waals surface area contributed by atoms with Gasteiger partial charge in [-0.25, -0.2) is 0 Å². The van der Waals surface area contributed by atoms with E-state index in [2.05, 4.69) is 6.42 Å². The lowest BCUT2D eigenvalue weighted by atomic mass is 10.1. The topological polar surface area (TPSA) is 0 Å². The molecule has 0 saturated heterocycles. The molecule has 65 valence electrons. The summed E-state index contributed by atoms with van der Waals surface area (Å²) in [5, 5.41) is 1.54. The van der Waals surface area contributed by atoms with Gasteiger partial charge in [0.05, 0.1) is 0 Å². The van der Waals surface area contributed by atoms with Gasteiger partial charge in [0.1, 0.15) is 0 Å². The molecule has 1 radical (unpaired) electrons. The first-order valence-electron chi connectivity index (χ1n) is 3.96. The Kier molecular flexibility index (Phi) is 3.90. The lowest BCUT2D eigenvalue weighted by Crippen LogP contribution is -1.87. The molecule has 1 aromatic rings. The molecule has 1 aromatic carbocycles. The molecule has 1 rings (SSSR count). The first kappa shape index (κ1) is 9.88. The zero-order chi connectivity index (χ0) is 8.97. The maximum atomic E-state index is 5.97. The number of halogens is 2. The molecule has 0 atom stereocenters. The zero-order valence-electron chi connectivity index (χ0n) is 6.98. The van der Waals surface area contributed by atoms with Crippen LogP contribution in [0.15, 0.2) is 18.2 Å². The van der Waals surface area contributed by atoms with Crippen molar-refractivity contribution in [2.45, 2.75) is 19.8 Å². The maximum Gasteiger partial charge on any atom is 0.0452 e. The lowest BCUT2D eigenvalue weighted by Gasteiger charge is -2.04. The summed E-state index contributed by atoms with van der Waals surface area (Å²) in [6, 6.07) is 5.61. The van der Waals surface area contributed by atoms with Crippen molar-refractivity contribution in [1.29, 1.82) is 0 Å². The van der Waals surface area contributed by atoms with Crippen LogP contribution in [-0.4, -0.2) is 0 Å². The molecule has 0 bridgehead atoms. The Balaban J connectivity index is 2.81. The van der Waals surface area contributed by atoms with Crippen LogP contribution < -0.4 is 0 Å². The molecule has 0 aliphatic carbocycles.